The van der Waals surface area contributed by atoms with Gasteiger partial charge in [0.25, 0.3) is 0 Å². The zero-order chi connectivity index (χ0) is 19.3. The van der Waals surface area contributed by atoms with Crippen LogP contribution in [0.1, 0.15) is 5.56 Å². The van der Waals surface area contributed by atoms with Gasteiger partial charge in [0, 0.05) is 29.5 Å². The number of hydrogen-bond acceptors (Lipinski definition) is 4. The third-order valence-electron chi connectivity index (χ3n) is 4.73. The first-order chi connectivity index (χ1) is 13.6. The normalized spacial score (nSPS) is 11.4. The Balaban J connectivity index is 1.70. The molecule has 28 heavy (non-hydrogen) atoms. The van der Waals surface area contributed by atoms with Crippen molar-refractivity contribution in [2.45, 2.75) is 6.92 Å². The fourth-order valence-corrected chi connectivity index (χ4v) is 3.63. The summed E-state index contributed by atoms with van der Waals surface area (Å²) in [6, 6.07) is 13.7. The summed E-state index contributed by atoms with van der Waals surface area (Å²) >= 11 is 6.13. The lowest BCUT2D eigenvalue weighted by atomic mass is 10.2. The van der Waals surface area contributed by atoms with Crippen molar-refractivity contribution in [3.63, 3.8) is 0 Å². The van der Waals surface area contributed by atoms with Crippen LogP contribution in [-0.4, -0.2) is 24.5 Å². The third kappa shape index (κ3) is 2.78. The maximum Gasteiger partial charge on any atom is 0.145 e. The highest BCUT2D eigenvalue weighted by atomic mass is 35.5. The maximum absolute atomic E-state index is 6.13. The Kier molecular flexibility index (Phi) is 3.80. The Labute approximate surface area is 166 Å². The molecule has 0 amide bonds. The molecule has 0 atom stereocenters. The molecule has 0 aliphatic heterocycles. The van der Waals surface area contributed by atoms with Gasteiger partial charge in [-0.1, -0.05) is 23.7 Å². The van der Waals surface area contributed by atoms with Crippen molar-refractivity contribution in [3.8, 4) is 11.4 Å². The van der Waals surface area contributed by atoms with Gasteiger partial charge in [0.05, 0.1) is 16.4 Å². The first-order valence-corrected chi connectivity index (χ1v) is 9.25. The summed E-state index contributed by atoms with van der Waals surface area (Å²) in [5.74, 6) is 1.50. The van der Waals surface area contributed by atoms with E-state index in [0.29, 0.717) is 10.8 Å². The smallest absolute Gasteiger partial charge is 0.145 e. The number of imidazole rings is 1. The molecule has 3 heterocycles. The van der Waals surface area contributed by atoms with Crippen molar-refractivity contribution in [1.82, 2.24) is 24.5 Å². The van der Waals surface area contributed by atoms with Crippen LogP contribution in [0.2, 0.25) is 5.02 Å². The predicted octanol–water partition coefficient (Wildman–Crippen LogP) is 5.22. The summed E-state index contributed by atoms with van der Waals surface area (Å²) in [7, 11) is 1.97. The highest BCUT2D eigenvalue weighted by Crippen LogP contribution is 2.34. The van der Waals surface area contributed by atoms with E-state index in [0.717, 1.165) is 39.1 Å². The summed E-state index contributed by atoms with van der Waals surface area (Å²) in [6.45, 7) is 2.07. The molecule has 0 unspecified atom stereocenters. The Bertz CT molecular complexity index is 1330. The van der Waals surface area contributed by atoms with E-state index >= 15 is 0 Å². The molecule has 6 nitrogen and oxygen atoms in total. The molecule has 2 N–H and O–H groups in total. The molecule has 0 saturated heterocycles. The van der Waals surface area contributed by atoms with Crippen molar-refractivity contribution < 1.29 is 0 Å². The highest BCUT2D eigenvalue weighted by molar-refractivity contribution is 6.30. The molecular weight excluding hydrogens is 372 g/mol. The van der Waals surface area contributed by atoms with Gasteiger partial charge in [-0.15, -0.1) is 0 Å². The number of hydrogen-bond donors (Lipinski definition) is 2. The van der Waals surface area contributed by atoms with E-state index in [-0.39, 0.29) is 0 Å². The standard InChI is InChI=1S/C21H17ClN6/c1-12-6-7-16-17(8-12)27-19(26-16)15-10-28(2)21-18(15)20(23-11-24-21)25-14-5-3-4-13(22)9-14/h3-11H,1-2H3,(H,26,27)(H,23,24,25). The molecule has 3 aromatic heterocycles. The number of H-pyrrole nitrogens is 1. The average molecular weight is 389 g/mol. The number of fused-ring (bicyclic) bond motifs is 2. The van der Waals surface area contributed by atoms with Crippen LogP contribution in [-0.2, 0) is 7.05 Å². The molecule has 0 radical (unpaired) electrons. The van der Waals surface area contributed by atoms with Gasteiger partial charge in [0.2, 0.25) is 0 Å². The lowest BCUT2D eigenvalue weighted by Crippen LogP contribution is -1.97. The molecule has 0 spiro atoms. The van der Waals surface area contributed by atoms with Crippen molar-refractivity contribution in [1.29, 1.82) is 0 Å². The Morgan fingerprint density at radius 2 is 2.00 bits per heavy atom. The Morgan fingerprint density at radius 3 is 2.86 bits per heavy atom. The average Bonchev–Trinajstić information content (AvgIpc) is 3.23. The number of benzene rings is 2. The summed E-state index contributed by atoms with van der Waals surface area (Å²) in [4.78, 5) is 17.1. The second-order valence-electron chi connectivity index (χ2n) is 6.82. The van der Waals surface area contributed by atoms with E-state index in [4.69, 9.17) is 16.6 Å². The SMILES string of the molecule is Cc1ccc2nc(-c3cn(C)c4ncnc(Nc5cccc(Cl)c5)c34)[nH]c2c1. The van der Waals surface area contributed by atoms with E-state index in [1.54, 1.807) is 6.33 Å². The van der Waals surface area contributed by atoms with Crippen LogP contribution in [0.15, 0.2) is 55.0 Å². The fraction of sp³-hybridized carbons (Fsp3) is 0.0952. The Hall–Kier alpha value is -3.38. The van der Waals surface area contributed by atoms with Crippen LogP contribution in [0.4, 0.5) is 11.5 Å². The van der Waals surface area contributed by atoms with Gasteiger partial charge >= 0.3 is 0 Å². The lowest BCUT2D eigenvalue weighted by Gasteiger charge is -2.08. The van der Waals surface area contributed by atoms with Gasteiger partial charge in [-0.05, 0) is 42.8 Å². The van der Waals surface area contributed by atoms with E-state index in [1.807, 2.05) is 48.1 Å². The zero-order valence-electron chi connectivity index (χ0n) is 15.4. The van der Waals surface area contributed by atoms with Crippen LogP contribution in [0.5, 0.6) is 0 Å². The quantitative estimate of drug-likeness (QED) is 0.444. The number of halogens is 1. The molecule has 0 aliphatic carbocycles. The number of aromatic nitrogens is 5. The number of nitrogens with one attached hydrogen (secondary N) is 2. The number of nitrogens with zero attached hydrogens (tertiary/aromatic N) is 4. The molecule has 0 aliphatic rings. The minimum Gasteiger partial charge on any atom is -0.340 e. The molecule has 0 fully saturated rings. The van der Waals surface area contributed by atoms with Gasteiger partial charge < -0.3 is 14.9 Å². The monoisotopic (exact) mass is 388 g/mol. The number of anilines is 2. The molecular formula is C21H17ClN6. The van der Waals surface area contributed by atoms with E-state index < -0.39 is 0 Å². The molecule has 0 saturated carbocycles. The summed E-state index contributed by atoms with van der Waals surface area (Å²) < 4.78 is 1.98. The number of rotatable bonds is 3. The van der Waals surface area contributed by atoms with Crippen molar-refractivity contribution in [2.75, 3.05) is 5.32 Å². The first-order valence-electron chi connectivity index (χ1n) is 8.88. The molecule has 5 rings (SSSR count). The summed E-state index contributed by atoms with van der Waals surface area (Å²) in [5, 5.41) is 4.93. The first kappa shape index (κ1) is 16.8. The Morgan fingerprint density at radius 1 is 1.11 bits per heavy atom. The van der Waals surface area contributed by atoms with Crippen molar-refractivity contribution in [2.24, 2.45) is 7.05 Å². The van der Waals surface area contributed by atoms with Gasteiger partial charge in [0.1, 0.15) is 23.6 Å². The van der Waals surface area contributed by atoms with E-state index in [2.05, 4.69) is 39.3 Å². The number of aromatic amines is 1. The minimum absolute atomic E-state index is 0.663. The van der Waals surface area contributed by atoms with Gasteiger partial charge in [-0.2, -0.15) is 0 Å². The van der Waals surface area contributed by atoms with Crippen molar-refractivity contribution in [3.05, 3.63) is 65.6 Å². The molecule has 0 bridgehead atoms. The number of aryl methyl sites for hydroxylation is 2. The van der Waals surface area contributed by atoms with Crippen LogP contribution in [0.3, 0.4) is 0 Å². The topological polar surface area (TPSA) is 71.4 Å². The maximum atomic E-state index is 6.13. The predicted molar refractivity (Wildman–Crippen MR) is 113 cm³/mol. The van der Waals surface area contributed by atoms with E-state index in [9.17, 15) is 0 Å². The van der Waals surface area contributed by atoms with Gasteiger partial charge in [-0.25, -0.2) is 15.0 Å². The zero-order valence-corrected chi connectivity index (χ0v) is 16.1. The van der Waals surface area contributed by atoms with Crippen molar-refractivity contribution >= 4 is 45.2 Å². The van der Waals surface area contributed by atoms with Crippen LogP contribution >= 0.6 is 11.6 Å². The summed E-state index contributed by atoms with van der Waals surface area (Å²) in [6.07, 6.45) is 3.58. The van der Waals surface area contributed by atoms with Gasteiger partial charge in [0.15, 0.2) is 0 Å². The molecule has 7 heteroatoms. The second kappa shape index (κ2) is 6.35. The van der Waals surface area contributed by atoms with Crippen LogP contribution in [0.25, 0.3) is 33.5 Å². The van der Waals surface area contributed by atoms with Crippen LogP contribution < -0.4 is 5.32 Å². The third-order valence-corrected chi connectivity index (χ3v) is 4.97. The van der Waals surface area contributed by atoms with Crippen LogP contribution in [0, 0.1) is 6.92 Å². The molecule has 5 aromatic rings. The largest absolute Gasteiger partial charge is 0.340 e. The molecule has 138 valence electrons. The highest BCUT2D eigenvalue weighted by Gasteiger charge is 2.18. The molecule has 2 aromatic carbocycles. The van der Waals surface area contributed by atoms with E-state index in [1.165, 1.54) is 5.56 Å². The summed E-state index contributed by atoms with van der Waals surface area (Å²) in [5.41, 5.74) is 5.75. The van der Waals surface area contributed by atoms with Gasteiger partial charge in [-0.3, -0.25) is 0 Å². The lowest BCUT2D eigenvalue weighted by molar-refractivity contribution is 0.944. The second-order valence-corrected chi connectivity index (χ2v) is 7.25. The fourth-order valence-electron chi connectivity index (χ4n) is 3.44. The minimum atomic E-state index is 0.663.